The lowest BCUT2D eigenvalue weighted by Gasteiger charge is -2.27. The van der Waals surface area contributed by atoms with Crippen LogP contribution in [0.4, 0.5) is 0 Å². The molecule has 0 aliphatic carbocycles. The molecule has 4 nitrogen and oxygen atoms in total. The molecule has 0 unspecified atom stereocenters. The van der Waals surface area contributed by atoms with Crippen LogP contribution in [0.3, 0.4) is 0 Å². The van der Waals surface area contributed by atoms with Gasteiger partial charge in [0.05, 0.1) is 11.7 Å². The van der Waals surface area contributed by atoms with E-state index in [1.54, 1.807) is 18.2 Å². The number of carbonyl (C=O) groups excluding carboxylic acids is 1. The Hall–Kier alpha value is -4.40. The van der Waals surface area contributed by atoms with Crippen LogP contribution in [0.2, 0.25) is 0 Å². The Morgan fingerprint density at radius 1 is 0.583 bits per heavy atom. The number of hydrogen-bond donors (Lipinski definition) is 2. The quantitative estimate of drug-likeness (QED) is 0.150. The zero-order valence-corrected chi connectivity index (χ0v) is 29.7. The van der Waals surface area contributed by atoms with Gasteiger partial charge in [0.15, 0.2) is 0 Å². The zero-order valence-electron chi connectivity index (χ0n) is 26.3. The Bertz CT molecular complexity index is 1790. The van der Waals surface area contributed by atoms with E-state index in [9.17, 15) is 14.7 Å². The summed E-state index contributed by atoms with van der Waals surface area (Å²) in [4.78, 5) is 26.1. The SMILES string of the molecule is O=C(NCCC[P+](c1ccccc1)(c1ccccc1)c1ccccc1)c1ccc(C(=O)O)c(P(c2ccccc2)c2ccccc2)c1.[Br-]. The number of carboxylic acids is 1. The van der Waals surface area contributed by atoms with Gasteiger partial charge in [-0.1, -0.05) is 115 Å². The summed E-state index contributed by atoms with van der Waals surface area (Å²) in [7, 11) is -3.21. The normalized spacial score (nSPS) is 11.0. The number of hydrogen-bond acceptors (Lipinski definition) is 2. The van der Waals surface area contributed by atoms with Crippen molar-refractivity contribution in [2.24, 2.45) is 0 Å². The van der Waals surface area contributed by atoms with Crippen molar-refractivity contribution < 1.29 is 31.7 Å². The van der Waals surface area contributed by atoms with E-state index in [0.29, 0.717) is 17.4 Å². The van der Waals surface area contributed by atoms with E-state index < -0.39 is 21.2 Å². The lowest BCUT2D eigenvalue weighted by molar-refractivity contribution is -0.0000323. The molecule has 6 rings (SSSR count). The third-order valence-corrected chi connectivity index (χ3v) is 15.3. The summed E-state index contributed by atoms with van der Waals surface area (Å²) in [6, 6.07) is 57.1. The summed E-state index contributed by atoms with van der Waals surface area (Å²) in [5.74, 6) is -1.21. The smallest absolute Gasteiger partial charge is 0.336 e. The highest BCUT2D eigenvalue weighted by Crippen LogP contribution is 2.55. The fraction of sp³-hybridized carbons (Fsp3) is 0.0732. The molecule has 0 heterocycles. The Morgan fingerprint density at radius 3 is 1.42 bits per heavy atom. The number of amides is 1. The summed E-state index contributed by atoms with van der Waals surface area (Å²) in [6.45, 7) is 0.495. The van der Waals surface area contributed by atoms with Crippen molar-refractivity contribution in [3.63, 3.8) is 0 Å². The zero-order chi connectivity index (χ0) is 32.5. The van der Waals surface area contributed by atoms with Crippen molar-refractivity contribution in [3.05, 3.63) is 181 Å². The third-order valence-electron chi connectivity index (χ3n) is 8.31. The number of benzene rings is 6. The molecule has 48 heavy (non-hydrogen) atoms. The maximum absolute atomic E-state index is 13.7. The van der Waals surface area contributed by atoms with Crippen LogP contribution in [0.25, 0.3) is 0 Å². The molecule has 1 amide bonds. The first kappa shape index (κ1) is 34.9. The van der Waals surface area contributed by atoms with Crippen LogP contribution >= 0.6 is 15.2 Å². The number of aromatic carboxylic acids is 1. The second-order valence-corrected chi connectivity index (χ2v) is 17.0. The lowest BCUT2D eigenvalue weighted by Crippen LogP contribution is -3.00. The molecule has 7 heteroatoms. The highest BCUT2D eigenvalue weighted by atomic mass is 79.9. The van der Waals surface area contributed by atoms with Crippen molar-refractivity contribution in [3.8, 4) is 0 Å². The second-order valence-electron chi connectivity index (χ2n) is 11.2. The summed E-state index contributed by atoms with van der Waals surface area (Å²) in [5, 5.41) is 20.0. The number of carbonyl (C=O) groups is 2. The van der Waals surface area contributed by atoms with Gasteiger partial charge in [0, 0.05) is 17.4 Å². The molecule has 2 N–H and O–H groups in total. The lowest BCUT2D eigenvalue weighted by atomic mass is 10.1. The predicted molar refractivity (Wildman–Crippen MR) is 199 cm³/mol. The number of halogens is 1. The molecule has 240 valence electrons. The minimum atomic E-state index is -2.01. The van der Waals surface area contributed by atoms with E-state index >= 15 is 0 Å². The van der Waals surface area contributed by atoms with Crippen LogP contribution in [0, 0.1) is 0 Å². The highest BCUT2D eigenvalue weighted by Gasteiger charge is 2.44. The van der Waals surface area contributed by atoms with E-state index in [4.69, 9.17) is 0 Å². The number of nitrogens with one attached hydrogen (secondary N) is 1. The van der Waals surface area contributed by atoms with Gasteiger partial charge in [-0.15, -0.1) is 0 Å². The summed E-state index contributed by atoms with van der Waals surface area (Å²) in [5.41, 5.74) is 0.670. The molecular weight excluding hydrogens is 696 g/mol. The minimum absolute atomic E-state index is 0. The van der Waals surface area contributed by atoms with Gasteiger partial charge in [0.1, 0.15) is 23.2 Å². The van der Waals surface area contributed by atoms with Crippen LogP contribution in [0.15, 0.2) is 170 Å². The standard InChI is InChI=1S/C41H35NO3P2.BrH/c43-40(32-27-28-38(41(44)45)39(31-32)46(33-17-6-1-7-18-33)34-19-8-2-9-20-34)42-29-16-30-47(35-21-10-3-11-22-35,36-23-12-4-13-24-36)37-25-14-5-15-26-37;/h1-15,17-28,31H,16,29-30H2,(H-,42,43,44,45);1H. The van der Waals surface area contributed by atoms with Gasteiger partial charge in [0.2, 0.25) is 0 Å². The van der Waals surface area contributed by atoms with E-state index in [2.05, 4.69) is 96.3 Å². The van der Waals surface area contributed by atoms with E-state index in [1.807, 2.05) is 60.7 Å². The molecular formula is C41H36BrNO3P2. The molecule has 0 aliphatic rings. The predicted octanol–water partition coefficient (Wildman–Crippen LogP) is 3.26. The molecule has 0 aromatic heterocycles. The van der Waals surface area contributed by atoms with Crippen molar-refractivity contribution in [1.82, 2.24) is 5.32 Å². The molecule has 0 saturated heterocycles. The fourth-order valence-corrected chi connectivity index (χ4v) is 12.9. The Kier molecular flexibility index (Phi) is 12.1. The van der Waals surface area contributed by atoms with Crippen molar-refractivity contribution in [1.29, 1.82) is 0 Å². The van der Waals surface area contributed by atoms with Gasteiger partial charge in [-0.2, -0.15) is 0 Å². The van der Waals surface area contributed by atoms with Gasteiger partial charge in [0.25, 0.3) is 5.91 Å². The van der Waals surface area contributed by atoms with Crippen molar-refractivity contribution in [2.75, 3.05) is 12.7 Å². The molecule has 6 aromatic rings. The second kappa shape index (κ2) is 16.6. The largest absolute Gasteiger partial charge is 1.00 e. The van der Waals surface area contributed by atoms with Crippen LogP contribution < -0.4 is 54.1 Å². The van der Waals surface area contributed by atoms with Gasteiger partial charge in [-0.3, -0.25) is 4.79 Å². The molecule has 6 aromatic carbocycles. The average molecular weight is 733 g/mol. The topological polar surface area (TPSA) is 66.4 Å². The maximum atomic E-state index is 13.7. The van der Waals surface area contributed by atoms with Crippen LogP contribution in [0.1, 0.15) is 27.1 Å². The molecule has 0 atom stereocenters. The first-order valence-electron chi connectivity index (χ1n) is 15.7. The van der Waals surface area contributed by atoms with E-state index in [1.165, 1.54) is 15.9 Å². The Labute approximate surface area is 294 Å². The summed E-state index contributed by atoms with van der Waals surface area (Å²) in [6.07, 6.45) is 1.67. The average Bonchev–Trinajstić information content (AvgIpc) is 3.14. The van der Waals surface area contributed by atoms with E-state index in [0.717, 1.165) is 23.2 Å². The maximum Gasteiger partial charge on any atom is 0.336 e. The van der Waals surface area contributed by atoms with E-state index in [-0.39, 0.29) is 28.5 Å². The molecule has 0 spiro atoms. The molecule has 0 radical (unpaired) electrons. The third kappa shape index (κ3) is 7.66. The number of rotatable bonds is 12. The van der Waals surface area contributed by atoms with Gasteiger partial charge in [-0.05, 0) is 79.5 Å². The van der Waals surface area contributed by atoms with Crippen molar-refractivity contribution >= 4 is 58.9 Å². The van der Waals surface area contributed by atoms with Gasteiger partial charge in [-0.25, -0.2) is 4.79 Å². The van der Waals surface area contributed by atoms with Gasteiger partial charge >= 0.3 is 5.97 Å². The Balaban J connectivity index is 0.00000451. The first-order valence-corrected chi connectivity index (χ1v) is 19.0. The van der Waals surface area contributed by atoms with Crippen LogP contribution in [0.5, 0.6) is 0 Å². The number of carboxylic acid groups (broad SMARTS) is 1. The fourth-order valence-electron chi connectivity index (χ4n) is 6.12. The first-order chi connectivity index (χ1) is 23.1. The van der Waals surface area contributed by atoms with Gasteiger partial charge < -0.3 is 27.4 Å². The highest BCUT2D eigenvalue weighted by molar-refractivity contribution is 7.95. The summed E-state index contributed by atoms with van der Waals surface area (Å²) >= 11 is 0. The monoisotopic (exact) mass is 731 g/mol. The van der Waals surface area contributed by atoms with Crippen LogP contribution in [-0.4, -0.2) is 29.7 Å². The molecule has 0 bridgehead atoms. The van der Waals surface area contributed by atoms with Crippen molar-refractivity contribution in [2.45, 2.75) is 6.42 Å². The molecule has 0 saturated carbocycles. The Morgan fingerprint density at radius 2 is 1.00 bits per heavy atom. The molecule has 0 aliphatic heterocycles. The summed E-state index contributed by atoms with van der Waals surface area (Å²) < 4.78 is 0. The molecule has 0 fully saturated rings. The minimum Gasteiger partial charge on any atom is -1.00 e. The van der Waals surface area contributed by atoms with Crippen LogP contribution in [-0.2, 0) is 0 Å².